The van der Waals surface area contributed by atoms with Crippen molar-refractivity contribution >= 4 is 44.2 Å². The van der Waals surface area contributed by atoms with Gasteiger partial charge in [-0.2, -0.15) is 0 Å². The fraction of sp³-hybridized carbons (Fsp3) is 0.273. The Morgan fingerprint density at radius 2 is 1.46 bits per heavy atom. The number of morpholine rings is 1. The highest BCUT2D eigenvalue weighted by atomic mass is 32.1. The van der Waals surface area contributed by atoms with E-state index < -0.39 is 0 Å². The van der Waals surface area contributed by atoms with Gasteiger partial charge in [0.1, 0.15) is 17.1 Å². The average molecular weight is 831 g/mol. The summed E-state index contributed by atoms with van der Waals surface area (Å²) in [5.41, 5.74) is 14.1. The predicted octanol–water partition coefficient (Wildman–Crippen LogP) is 8.43. The van der Waals surface area contributed by atoms with Crippen LogP contribution in [0.1, 0.15) is 19.4 Å². The van der Waals surface area contributed by atoms with Gasteiger partial charge in [-0.3, -0.25) is 4.90 Å². The highest BCUT2D eigenvalue weighted by Crippen LogP contribution is 2.36. The van der Waals surface area contributed by atoms with Crippen LogP contribution in [0.2, 0.25) is 0 Å². The number of pyridine rings is 2. The molecule has 7 heterocycles. The van der Waals surface area contributed by atoms with Gasteiger partial charge < -0.3 is 34.6 Å². The third-order valence-electron chi connectivity index (χ3n) is 9.97. The second-order valence-electron chi connectivity index (χ2n) is 14.1. The molecule has 304 valence electrons. The van der Waals surface area contributed by atoms with Gasteiger partial charge in [-0.05, 0) is 43.2 Å². The summed E-state index contributed by atoms with van der Waals surface area (Å²) in [4.78, 5) is 22.6. The molecule has 0 amide bonds. The number of thiazole rings is 2. The van der Waals surface area contributed by atoms with Crippen molar-refractivity contribution in [1.82, 2.24) is 33.6 Å². The Kier molecular flexibility index (Phi) is 13.0. The van der Waals surface area contributed by atoms with Crippen molar-refractivity contribution in [3.63, 3.8) is 0 Å². The van der Waals surface area contributed by atoms with E-state index in [2.05, 4.69) is 83.3 Å². The van der Waals surface area contributed by atoms with Crippen LogP contribution in [-0.2, 0) is 16.0 Å². The highest BCUT2D eigenvalue weighted by Gasteiger charge is 2.16. The molecule has 1 atom stereocenters. The molecule has 1 fully saturated rings. The summed E-state index contributed by atoms with van der Waals surface area (Å²) in [6.07, 6.45) is 15.3. The number of ether oxygens (including phenoxy) is 2. The van der Waals surface area contributed by atoms with Crippen LogP contribution in [0, 0.1) is 5.82 Å². The number of halogens is 1. The fourth-order valence-electron chi connectivity index (χ4n) is 6.90. The van der Waals surface area contributed by atoms with E-state index in [-0.39, 0.29) is 11.9 Å². The first-order valence-corrected chi connectivity index (χ1v) is 21.4. The molecule has 8 aromatic rings. The average Bonchev–Trinajstić information content (AvgIpc) is 4.11. The summed E-state index contributed by atoms with van der Waals surface area (Å²) in [6.45, 7) is 11.4. The number of benzene rings is 2. The normalized spacial score (nSPS) is 13.7. The third kappa shape index (κ3) is 9.68. The fourth-order valence-corrected chi connectivity index (χ4v) is 8.63. The molecule has 4 N–H and O–H groups in total. The number of imidazole rings is 2. The lowest BCUT2D eigenvalue weighted by Crippen LogP contribution is -2.38. The van der Waals surface area contributed by atoms with E-state index in [1.54, 1.807) is 41.0 Å². The van der Waals surface area contributed by atoms with Crippen molar-refractivity contribution < 1.29 is 13.9 Å². The summed E-state index contributed by atoms with van der Waals surface area (Å²) in [5, 5.41) is 8.61. The van der Waals surface area contributed by atoms with E-state index >= 15 is 0 Å². The van der Waals surface area contributed by atoms with Crippen LogP contribution in [0.5, 0.6) is 0 Å². The Hall–Kier alpha value is -5.55. The zero-order valence-electron chi connectivity index (χ0n) is 33.1. The van der Waals surface area contributed by atoms with Crippen molar-refractivity contribution in [3.05, 3.63) is 122 Å². The molecular weight excluding hydrogens is 784 g/mol. The molecule has 1 saturated heterocycles. The standard InChI is InChI=1S/C22H22FN5OS.C22H25N5OS/c23-19-4-2-1-3-17(19)18-13-16(15-28-8-6-24-21(18)28)20-14-26-22(30-20)25-5-7-27-9-11-29-12-10-27;1-3-28-14-15(2)26-22-25-12-20(29-22)18-10-19(21-24-8-9-27(21)13-18)17-6-4-16(11-23)5-7-17/h1-4,6,8,13-15H,5,7,9-12H2,(H,25,26);4-10,12-13,15H,3,11,14,23H2,1-2H3,(H,25,26). The molecule has 6 aromatic heterocycles. The van der Waals surface area contributed by atoms with Crippen LogP contribution in [0.4, 0.5) is 14.7 Å². The maximum atomic E-state index is 14.5. The number of hydrogen-bond donors (Lipinski definition) is 3. The van der Waals surface area contributed by atoms with Crippen LogP contribution in [0.25, 0.3) is 54.4 Å². The first-order chi connectivity index (χ1) is 28.9. The zero-order chi connectivity index (χ0) is 40.6. The molecule has 0 spiro atoms. The minimum Gasteiger partial charge on any atom is -0.380 e. The van der Waals surface area contributed by atoms with E-state index in [0.717, 1.165) is 111 Å². The van der Waals surface area contributed by atoms with Crippen LogP contribution in [0.15, 0.2) is 110 Å². The number of nitrogens with one attached hydrogen (secondary N) is 2. The Labute approximate surface area is 350 Å². The number of nitrogens with two attached hydrogens (primary N) is 1. The summed E-state index contributed by atoms with van der Waals surface area (Å²) in [7, 11) is 0. The molecule has 9 rings (SSSR count). The van der Waals surface area contributed by atoms with Crippen molar-refractivity contribution in [2.24, 2.45) is 5.73 Å². The molecule has 0 saturated carbocycles. The summed E-state index contributed by atoms with van der Waals surface area (Å²) in [6, 6.07) is 19.5. The lowest BCUT2D eigenvalue weighted by atomic mass is 10.0. The SMILES string of the molecule is CCOCC(C)Nc1ncc(-c2cc(-c3ccc(CN)cc3)c3nccn3c2)s1.Fc1ccccc1-c1cc(-c2cnc(NCCN3CCOCC3)s2)cn2ccnc12. The number of rotatable bonds is 14. The Bertz CT molecular complexity index is 2600. The maximum absolute atomic E-state index is 14.5. The number of anilines is 2. The van der Waals surface area contributed by atoms with E-state index in [4.69, 9.17) is 15.2 Å². The Morgan fingerprint density at radius 3 is 2.14 bits per heavy atom. The summed E-state index contributed by atoms with van der Waals surface area (Å²) < 4.78 is 29.3. The first-order valence-electron chi connectivity index (χ1n) is 19.7. The minimum absolute atomic E-state index is 0.210. The molecule has 1 aliphatic heterocycles. The lowest BCUT2D eigenvalue weighted by molar-refractivity contribution is 0.0398. The van der Waals surface area contributed by atoms with Gasteiger partial charge in [0.05, 0.1) is 29.6 Å². The molecule has 0 aliphatic carbocycles. The van der Waals surface area contributed by atoms with E-state index in [0.29, 0.717) is 18.7 Å². The largest absolute Gasteiger partial charge is 0.380 e. The second-order valence-corrected chi connectivity index (χ2v) is 16.2. The molecule has 59 heavy (non-hydrogen) atoms. The van der Waals surface area contributed by atoms with Gasteiger partial charge in [0.2, 0.25) is 0 Å². The van der Waals surface area contributed by atoms with Gasteiger partial charge in [0.15, 0.2) is 10.3 Å². The van der Waals surface area contributed by atoms with Crippen LogP contribution in [0.3, 0.4) is 0 Å². The van der Waals surface area contributed by atoms with Crippen molar-refractivity contribution in [1.29, 1.82) is 0 Å². The predicted molar refractivity (Wildman–Crippen MR) is 237 cm³/mol. The van der Waals surface area contributed by atoms with Crippen LogP contribution in [-0.4, -0.2) is 92.3 Å². The highest BCUT2D eigenvalue weighted by molar-refractivity contribution is 7.19. The van der Waals surface area contributed by atoms with Gasteiger partial charge in [0, 0.05) is 123 Å². The number of nitrogens with zero attached hydrogens (tertiary/aromatic N) is 7. The monoisotopic (exact) mass is 830 g/mol. The third-order valence-corrected chi connectivity index (χ3v) is 12.0. The molecular formula is C44H47FN10O2S2. The number of fused-ring (bicyclic) bond motifs is 2. The lowest BCUT2D eigenvalue weighted by Gasteiger charge is -2.26. The molecule has 2 aromatic carbocycles. The van der Waals surface area contributed by atoms with Gasteiger partial charge in [-0.1, -0.05) is 65.1 Å². The van der Waals surface area contributed by atoms with Crippen LogP contribution >= 0.6 is 22.7 Å². The quantitative estimate of drug-likeness (QED) is 0.0982. The van der Waals surface area contributed by atoms with Gasteiger partial charge >= 0.3 is 0 Å². The smallest absolute Gasteiger partial charge is 0.183 e. The maximum Gasteiger partial charge on any atom is 0.183 e. The summed E-state index contributed by atoms with van der Waals surface area (Å²) in [5.74, 6) is -0.255. The number of aromatic nitrogens is 6. The molecule has 1 unspecified atom stereocenters. The van der Waals surface area contributed by atoms with E-state index in [1.807, 2.05) is 60.6 Å². The molecule has 12 nitrogen and oxygen atoms in total. The van der Waals surface area contributed by atoms with Gasteiger partial charge in [-0.15, -0.1) is 0 Å². The van der Waals surface area contributed by atoms with E-state index in [9.17, 15) is 4.39 Å². The first kappa shape index (κ1) is 40.2. The topological polar surface area (TPSA) is 132 Å². The minimum atomic E-state index is -0.255. The van der Waals surface area contributed by atoms with Crippen molar-refractivity contribution in [2.75, 3.05) is 63.2 Å². The second kappa shape index (κ2) is 19.0. The van der Waals surface area contributed by atoms with Crippen LogP contribution < -0.4 is 16.4 Å². The van der Waals surface area contributed by atoms with Crippen molar-refractivity contribution in [2.45, 2.75) is 26.4 Å². The molecule has 0 radical (unpaired) electrons. The summed E-state index contributed by atoms with van der Waals surface area (Å²) >= 11 is 3.24. The zero-order valence-corrected chi connectivity index (χ0v) is 34.7. The Balaban J connectivity index is 0.000000164. The van der Waals surface area contributed by atoms with E-state index in [1.165, 1.54) is 6.07 Å². The molecule has 1 aliphatic rings. The van der Waals surface area contributed by atoms with Gasteiger partial charge in [-0.25, -0.2) is 24.3 Å². The Morgan fingerprint density at radius 1 is 0.814 bits per heavy atom. The van der Waals surface area contributed by atoms with Gasteiger partial charge in [0.25, 0.3) is 0 Å². The molecule has 15 heteroatoms. The molecule has 0 bridgehead atoms. The number of hydrogen-bond acceptors (Lipinski definition) is 12. The van der Waals surface area contributed by atoms with Crippen molar-refractivity contribution in [3.8, 4) is 43.1 Å².